The molecular formula is C15H13BrN4O. The largest absolute Gasteiger partial charge is 0.493 e. The zero-order chi connectivity index (χ0) is 14.2. The molecule has 0 radical (unpaired) electrons. The fourth-order valence-electron chi connectivity index (χ4n) is 2.65. The number of hydrogen-bond donors (Lipinski definition) is 1. The molecule has 0 aliphatic carbocycles. The summed E-state index contributed by atoms with van der Waals surface area (Å²) in [4.78, 5) is 8.89. The monoisotopic (exact) mass is 344 g/mol. The van der Waals surface area contributed by atoms with Crippen LogP contribution in [-0.4, -0.2) is 21.0 Å². The summed E-state index contributed by atoms with van der Waals surface area (Å²) in [5, 5.41) is 3.50. The first-order valence-electron chi connectivity index (χ1n) is 6.79. The molecule has 2 aromatic heterocycles. The molecule has 3 heterocycles. The highest BCUT2D eigenvalue weighted by Gasteiger charge is 2.22. The highest BCUT2D eigenvalue weighted by atomic mass is 79.9. The highest BCUT2D eigenvalue weighted by Crippen LogP contribution is 2.34. The molecule has 0 fully saturated rings. The van der Waals surface area contributed by atoms with E-state index in [4.69, 9.17) is 4.74 Å². The maximum Gasteiger partial charge on any atom is 0.180 e. The van der Waals surface area contributed by atoms with Crippen molar-refractivity contribution in [1.82, 2.24) is 14.4 Å². The Morgan fingerprint density at radius 1 is 1.33 bits per heavy atom. The van der Waals surface area contributed by atoms with E-state index in [0.29, 0.717) is 6.61 Å². The number of fused-ring (bicyclic) bond motifs is 2. The molecule has 1 unspecified atom stereocenters. The molecule has 6 heteroatoms. The summed E-state index contributed by atoms with van der Waals surface area (Å²) < 4.78 is 8.42. The number of benzene rings is 1. The number of anilines is 1. The topological polar surface area (TPSA) is 51.5 Å². The van der Waals surface area contributed by atoms with Crippen molar-refractivity contribution >= 4 is 27.4 Å². The molecule has 0 spiro atoms. The van der Waals surface area contributed by atoms with Gasteiger partial charge in [0.1, 0.15) is 10.4 Å². The van der Waals surface area contributed by atoms with Gasteiger partial charge in [0, 0.05) is 30.6 Å². The molecule has 3 aromatic rings. The summed E-state index contributed by atoms with van der Waals surface area (Å²) >= 11 is 3.44. The fourth-order valence-corrected chi connectivity index (χ4v) is 3.05. The van der Waals surface area contributed by atoms with E-state index >= 15 is 0 Å². The van der Waals surface area contributed by atoms with Crippen LogP contribution < -0.4 is 10.1 Å². The molecule has 21 heavy (non-hydrogen) atoms. The minimum absolute atomic E-state index is 0.178. The third-order valence-corrected chi connectivity index (χ3v) is 4.00. The summed E-state index contributed by atoms with van der Waals surface area (Å²) in [6.07, 6.45) is 6.47. The van der Waals surface area contributed by atoms with Gasteiger partial charge < -0.3 is 14.5 Å². The van der Waals surface area contributed by atoms with Crippen molar-refractivity contribution in [2.45, 2.75) is 12.5 Å². The fraction of sp³-hybridized carbons (Fsp3) is 0.200. The summed E-state index contributed by atoms with van der Waals surface area (Å²) in [7, 11) is 0. The maximum atomic E-state index is 5.70. The van der Waals surface area contributed by atoms with Gasteiger partial charge in [0.2, 0.25) is 0 Å². The van der Waals surface area contributed by atoms with E-state index in [1.165, 1.54) is 0 Å². The number of hydrogen-bond acceptors (Lipinski definition) is 4. The lowest BCUT2D eigenvalue weighted by Crippen LogP contribution is -2.21. The van der Waals surface area contributed by atoms with Crippen molar-refractivity contribution in [3.63, 3.8) is 0 Å². The first-order chi connectivity index (χ1) is 10.3. The minimum Gasteiger partial charge on any atom is -0.493 e. The average Bonchev–Trinajstić information content (AvgIpc) is 2.96. The molecule has 1 N–H and O–H groups in total. The summed E-state index contributed by atoms with van der Waals surface area (Å²) in [5.41, 5.74) is 1.98. The Morgan fingerprint density at radius 2 is 2.24 bits per heavy atom. The van der Waals surface area contributed by atoms with Crippen molar-refractivity contribution in [2.75, 3.05) is 11.9 Å². The van der Waals surface area contributed by atoms with Gasteiger partial charge in [-0.1, -0.05) is 18.2 Å². The molecular weight excluding hydrogens is 332 g/mol. The quantitative estimate of drug-likeness (QED) is 0.773. The molecule has 5 nitrogen and oxygen atoms in total. The number of para-hydroxylation sites is 1. The van der Waals surface area contributed by atoms with Crippen LogP contribution in [-0.2, 0) is 0 Å². The first kappa shape index (κ1) is 12.6. The number of ether oxygens (including phenoxy) is 1. The molecule has 1 atom stereocenters. The van der Waals surface area contributed by atoms with E-state index in [2.05, 4.69) is 37.3 Å². The number of aromatic nitrogens is 3. The Balaban J connectivity index is 1.74. The predicted molar refractivity (Wildman–Crippen MR) is 83.6 cm³/mol. The molecule has 0 saturated carbocycles. The minimum atomic E-state index is 0.178. The third kappa shape index (κ3) is 2.25. The van der Waals surface area contributed by atoms with Gasteiger partial charge in [0.25, 0.3) is 0 Å². The smallest absolute Gasteiger partial charge is 0.180 e. The molecule has 1 aliphatic rings. The Kier molecular flexibility index (Phi) is 3.03. The lowest BCUT2D eigenvalue weighted by molar-refractivity contribution is 0.274. The molecule has 0 amide bonds. The van der Waals surface area contributed by atoms with Gasteiger partial charge in [0.05, 0.1) is 12.6 Å². The number of nitrogens with one attached hydrogen (secondary N) is 1. The van der Waals surface area contributed by atoms with Gasteiger partial charge in [0.15, 0.2) is 11.5 Å². The number of nitrogens with zero attached hydrogens (tertiary/aromatic N) is 3. The van der Waals surface area contributed by atoms with Crippen LogP contribution in [0.1, 0.15) is 18.0 Å². The SMILES string of the molecule is Brc1cn2ccnc2c(NC2CCOc3ccccc32)n1. The molecule has 106 valence electrons. The molecule has 0 bridgehead atoms. The molecule has 1 aromatic carbocycles. The summed E-state index contributed by atoms with van der Waals surface area (Å²) in [5.74, 6) is 1.71. The van der Waals surface area contributed by atoms with Crippen LogP contribution in [0.3, 0.4) is 0 Å². The Bertz CT molecular complexity index is 801. The predicted octanol–water partition coefficient (Wildman–Crippen LogP) is 3.43. The average molecular weight is 345 g/mol. The molecule has 4 rings (SSSR count). The highest BCUT2D eigenvalue weighted by molar-refractivity contribution is 9.10. The van der Waals surface area contributed by atoms with E-state index in [-0.39, 0.29) is 6.04 Å². The van der Waals surface area contributed by atoms with Crippen LogP contribution in [0, 0.1) is 0 Å². The van der Waals surface area contributed by atoms with Crippen LogP contribution in [0.15, 0.2) is 47.5 Å². The second-order valence-electron chi connectivity index (χ2n) is 4.94. The van der Waals surface area contributed by atoms with Crippen LogP contribution in [0.25, 0.3) is 5.65 Å². The summed E-state index contributed by atoms with van der Waals surface area (Å²) in [6.45, 7) is 0.702. The van der Waals surface area contributed by atoms with E-state index in [1.54, 1.807) is 6.20 Å². The van der Waals surface area contributed by atoms with Gasteiger partial charge in [-0.3, -0.25) is 0 Å². The number of imidazole rings is 1. The third-order valence-electron chi connectivity index (χ3n) is 3.61. The zero-order valence-electron chi connectivity index (χ0n) is 11.2. The van der Waals surface area contributed by atoms with Crippen molar-refractivity contribution in [3.05, 3.63) is 53.0 Å². The van der Waals surface area contributed by atoms with Crippen molar-refractivity contribution in [1.29, 1.82) is 0 Å². The van der Waals surface area contributed by atoms with Gasteiger partial charge >= 0.3 is 0 Å². The van der Waals surface area contributed by atoms with Crippen LogP contribution in [0.4, 0.5) is 5.82 Å². The van der Waals surface area contributed by atoms with Crippen LogP contribution in [0.2, 0.25) is 0 Å². The second kappa shape index (κ2) is 5.04. The maximum absolute atomic E-state index is 5.70. The van der Waals surface area contributed by atoms with E-state index < -0.39 is 0 Å². The Morgan fingerprint density at radius 3 is 3.19 bits per heavy atom. The van der Waals surface area contributed by atoms with Crippen molar-refractivity contribution in [3.8, 4) is 5.75 Å². The first-order valence-corrected chi connectivity index (χ1v) is 7.58. The zero-order valence-corrected chi connectivity index (χ0v) is 12.7. The van der Waals surface area contributed by atoms with Gasteiger partial charge in [-0.15, -0.1) is 0 Å². The molecule has 1 aliphatic heterocycles. The van der Waals surface area contributed by atoms with Gasteiger partial charge in [-0.25, -0.2) is 9.97 Å². The lowest BCUT2D eigenvalue weighted by atomic mass is 10.0. The number of halogens is 1. The van der Waals surface area contributed by atoms with Crippen molar-refractivity contribution < 1.29 is 4.74 Å². The Hall–Kier alpha value is -2.08. The van der Waals surface area contributed by atoms with E-state index in [9.17, 15) is 0 Å². The van der Waals surface area contributed by atoms with Gasteiger partial charge in [-0.2, -0.15) is 0 Å². The van der Waals surface area contributed by atoms with Gasteiger partial charge in [-0.05, 0) is 22.0 Å². The molecule has 0 saturated heterocycles. The second-order valence-corrected chi connectivity index (χ2v) is 5.75. The Labute approximate surface area is 130 Å². The number of rotatable bonds is 2. The van der Waals surface area contributed by atoms with Crippen LogP contribution in [0.5, 0.6) is 5.75 Å². The summed E-state index contributed by atoms with van der Waals surface area (Å²) in [6, 6.07) is 8.29. The standard InChI is InChI=1S/C15H13BrN4O/c16-13-9-20-7-6-17-15(20)14(19-13)18-11-5-8-21-12-4-2-1-3-10(11)12/h1-4,6-7,9,11H,5,8H2,(H,18,19). The normalized spacial score (nSPS) is 17.3. The van der Waals surface area contributed by atoms with Crippen molar-refractivity contribution in [2.24, 2.45) is 0 Å². The lowest BCUT2D eigenvalue weighted by Gasteiger charge is -2.27. The van der Waals surface area contributed by atoms with E-state index in [0.717, 1.165) is 33.8 Å². The van der Waals surface area contributed by atoms with E-state index in [1.807, 2.05) is 35.0 Å². The van der Waals surface area contributed by atoms with Crippen LogP contribution >= 0.6 is 15.9 Å².